The van der Waals surface area contributed by atoms with Crippen LogP contribution in [0.4, 0.5) is 0 Å². The largest absolute Gasteiger partial charge is 0.388 e. The number of rotatable bonds is 4. The zero-order chi connectivity index (χ0) is 14.9. The van der Waals surface area contributed by atoms with Crippen molar-refractivity contribution in [2.45, 2.75) is 32.9 Å². The number of benzene rings is 1. The van der Waals surface area contributed by atoms with Gasteiger partial charge in [-0.2, -0.15) is 5.10 Å². The molecule has 0 saturated carbocycles. The van der Waals surface area contributed by atoms with Crippen LogP contribution in [0.2, 0.25) is 5.02 Å². The van der Waals surface area contributed by atoms with Crippen molar-refractivity contribution in [3.05, 3.63) is 49.1 Å². The fourth-order valence-corrected chi connectivity index (χ4v) is 3.26. The van der Waals surface area contributed by atoms with E-state index in [0.717, 1.165) is 32.4 Å². The first kappa shape index (κ1) is 16.0. The van der Waals surface area contributed by atoms with Crippen LogP contribution in [0.1, 0.15) is 30.0 Å². The molecule has 0 aliphatic carbocycles. The van der Waals surface area contributed by atoms with Gasteiger partial charge in [0.25, 0.3) is 0 Å². The molecule has 1 aromatic carbocycles. The van der Waals surface area contributed by atoms with E-state index in [0.29, 0.717) is 11.4 Å². The second kappa shape index (κ2) is 6.60. The molecule has 3 nitrogen and oxygen atoms in total. The SMILES string of the molecule is CCn1nc(C)c(Br)c1CC(O)c1cc(Cl)ccc1Br. The van der Waals surface area contributed by atoms with Gasteiger partial charge >= 0.3 is 0 Å². The summed E-state index contributed by atoms with van der Waals surface area (Å²) in [6.07, 6.45) is -0.158. The van der Waals surface area contributed by atoms with E-state index in [1.54, 1.807) is 12.1 Å². The molecule has 108 valence electrons. The third-order valence-corrected chi connectivity index (χ3v) is 5.15. The summed E-state index contributed by atoms with van der Waals surface area (Å²) < 4.78 is 3.71. The zero-order valence-electron chi connectivity index (χ0n) is 11.2. The topological polar surface area (TPSA) is 38.0 Å². The number of nitrogens with zero attached hydrogens (tertiary/aromatic N) is 2. The van der Waals surface area contributed by atoms with Gasteiger partial charge in [0.2, 0.25) is 0 Å². The molecule has 0 amide bonds. The van der Waals surface area contributed by atoms with E-state index in [4.69, 9.17) is 11.6 Å². The van der Waals surface area contributed by atoms with Gasteiger partial charge < -0.3 is 5.11 Å². The van der Waals surface area contributed by atoms with Gasteiger partial charge in [-0.05, 0) is 53.5 Å². The predicted molar refractivity (Wildman–Crippen MR) is 88.2 cm³/mol. The maximum absolute atomic E-state index is 10.5. The second-order valence-electron chi connectivity index (χ2n) is 4.55. The molecule has 0 fully saturated rings. The summed E-state index contributed by atoms with van der Waals surface area (Å²) in [6, 6.07) is 5.42. The monoisotopic (exact) mass is 420 g/mol. The lowest BCUT2D eigenvalue weighted by atomic mass is 10.0. The second-order valence-corrected chi connectivity index (χ2v) is 6.63. The Morgan fingerprint density at radius 3 is 2.75 bits per heavy atom. The summed E-state index contributed by atoms with van der Waals surface area (Å²) in [5.41, 5.74) is 2.70. The first-order chi connectivity index (χ1) is 9.43. The van der Waals surface area contributed by atoms with Gasteiger partial charge in [-0.3, -0.25) is 4.68 Å². The van der Waals surface area contributed by atoms with Gasteiger partial charge in [0, 0.05) is 22.5 Å². The summed E-state index contributed by atoms with van der Waals surface area (Å²) in [4.78, 5) is 0. The highest BCUT2D eigenvalue weighted by Gasteiger charge is 2.19. The van der Waals surface area contributed by atoms with E-state index < -0.39 is 6.10 Å². The van der Waals surface area contributed by atoms with Gasteiger partial charge in [-0.1, -0.05) is 27.5 Å². The summed E-state index contributed by atoms with van der Waals surface area (Å²) >= 11 is 13.0. The Kier molecular flexibility index (Phi) is 5.29. The molecule has 0 bridgehead atoms. The number of aliphatic hydroxyl groups is 1. The van der Waals surface area contributed by atoms with Crippen molar-refractivity contribution in [3.63, 3.8) is 0 Å². The average Bonchev–Trinajstić information content (AvgIpc) is 2.69. The maximum atomic E-state index is 10.5. The minimum absolute atomic E-state index is 0.480. The van der Waals surface area contributed by atoms with Gasteiger partial charge in [0.05, 0.1) is 22.0 Å². The van der Waals surface area contributed by atoms with Crippen molar-refractivity contribution in [3.8, 4) is 0 Å². The molecule has 0 saturated heterocycles. The molecule has 2 aromatic rings. The van der Waals surface area contributed by atoms with E-state index >= 15 is 0 Å². The number of hydrogen-bond donors (Lipinski definition) is 1. The molecule has 20 heavy (non-hydrogen) atoms. The van der Waals surface area contributed by atoms with Crippen LogP contribution in [0.5, 0.6) is 0 Å². The molecule has 0 aliphatic heterocycles. The lowest BCUT2D eigenvalue weighted by Crippen LogP contribution is -2.09. The molecule has 0 aliphatic rings. The van der Waals surface area contributed by atoms with E-state index in [1.165, 1.54) is 0 Å². The van der Waals surface area contributed by atoms with E-state index in [-0.39, 0.29) is 0 Å². The highest BCUT2D eigenvalue weighted by molar-refractivity contribution is 9.10. The minimum Gasteiger partial charge on any atom is -0.388 e. The average molecular weight is 423 g/mol. The normalized spacial score (nSPS) is 12.7. The number of aliphatic hydroxyl groups excluding tert-OH is 1. The van der Waals surface area contributed by atoms with Crippen molar-refractivity contribution in [1.29, 1.82) is 0 Å². The van der Waals surface area contributed by atoms with Crippen LogP contribution in [0, 0.1) is 6.92 Å². The Hall–Kier alpha value is -0.360. The Balaban J connectivity index is 2.32. The lowest BCUT2D eigenvalue weighted by molar-refractivity contribution is 0.174. The number of hydrogen-bond acceptors (Lipinski definition) is 2. The molecule has 1 atom stereocenters. The zero-order valence-corrected chi connectivity index (χ0v) is 15.1. The summed E-state index contributed by atoms with van der Waals surface area (Å²) in [6.45, 7) is 4.75. The van der Waals surface area contributed by atoms with Gasteiger partial charge in [0.1, 0.15) is 0 Å². The fourth-order valence-electron chi connectivity index (χ4n) is 2.13. The highest BCUT2D eigenvalue weighted by Crippen LogP contribution is 2.31. The van der Waals surface area contributed by atoms with Crippen LogP contribution in [-0.2, 0) is 13.0 Å². The molecule has 1 unspecified atom stereocenters. The minimum atomic E-state index is -0.638. The fraction of sp³-hybridized carbons (Fsp3) is 0.357. The predicted octanol–water partition coefficient (Wildman–Crippen LogP) is 4.67. The number of aryl methyl sites for hydroxylation is 2. The first-order valence-corrected chi connectivity index (χ1v) is 8.25. The molecular weight excluding hydrogens is 407 g/mol. The molecular formula is C14H15Br2ClN2O. The van der Waals surface area contributed by atoms with Gasteiger partial charge in [0.15, 0.2) is 0 Å². The van der Waals surface area contributed by atoms with Crippen molar-refractivity contribution >= 4 is 43.5 Å². The molecule has 6 heteroatoms. The van der Waals surface area contributed by atoms with Crippen LogP contribution >= 0.6 is 43.5 Å². The van der Waals surface area contributed by atoms with Crippen molar-refractivity contribution in [2.24, 2.45) is 0 Å². The molecule has 1 heterocycles. The van der Waals surface area contributed by atoms with Crippen LogP contribution < -0.4 is 0 Å². The van der Waals surface area contributed by atoms with E-state index in [9.17, 15) is 5.11 Å². The maximum Gasteiger partial charge on any atom is 0.0857 e. The van der Waals surface area contributed by atoms with E-state index in [1.807, 2.05) is 24.6 Å². The van der Waals surface area contributed by atoms with E-state index in [2.05, 4.69) is 37.0 Å². The third-order valence-electron chi connectivity index (χ3n) is 3.16. The molecule has 0 radical (unpaired) electrons. The number of aromatic nitrogens is 2. The van der Waals surface area contributed by atoms with Crippen molar-refractivity contribution in [2.75, 3.05) is 0 Å². The first-order valence-electron chi connectivity index (χ1n) is 6.28. The summed E-state index contributed by atoms with van der Waals surface area (Å²) in [5.74, 6) is 0. The number of halogens is 3. The van der Waals surface area contributed by atoms with Gasteiger partial charge in [-0.15, -0.1) is 0 Å². The Morgan fingerprint density at radius 1 is 1.40 bits per heavy atom. The van der Waals surface area contributed by atoms with Crippen molar-refractivity contribution in [1.82, 2.24) is 9.78 Å². The molecule has 1 N–H and O–H groups in total. The standard InChI is InChI=1S/C14H15Br2ClN2O/c1-3-19-12(14(16)8(2)18-19)7-13(20)10-6-9(17)4-5-11(10)15/h4-6,13,20H,3,7H2,1-2H3. The van der Waals surface area contributed by atoms with Crippen LogP contribution in [0.3, 0.4) is 0 Å². The van der Waals surface area contributed by atoms with Crippen LogP contribution in [-0.4, -0.2) is 14.9 Å². The summed E-state index contributed by atoms with van der Waals surface area (Å²) in [7, 11) is 0. The van der Waals surface area contributed by atoms with Crippen LogP contribution in [0.25, 0.3) is 0 Å². The highest BCUT2D eigenvalue weighted by atomic mass is 79.9. The Morgan fingerprint density at radius 2 is 2.10 bits per heavy atom. The quantitative estimate of drug-likeness (QED) is 0.778. The smallest absolute Gasteiger partial charge is 0.0857 e. The van der Waals surface area contributed by atoms with Gasteiger partial charge in [-0.25, -0.2) is 0 Å². The van der Waals surface area contributed by atoms with Crippen LogP contribution in [0.15, 0.2) is 27.1 Å². The Bertz CT molecular complexity index is 628. The molecule has 1 aromatic heterocycles. The molecule has 0 spiro atoms. The molecule has 2 rings (SSSR count). The lowest BCUT2D eigenvalue weighted by Gasteiger charge is -2.14. The third kappa shape index (κ3) is 3.27. The van der Waals surface area contributed by atoms with Crippen molar-refractivity contribution < 1.29 is 5.11 Å². The summed E-state index contributed by atoms with van der Waals surface area (Å²) in [5, 5.41) is 15.5. The Labute approximate surface area is 140 Å².